The van der Waals surface area contributed by atoms with Crippen molar-refractivity contribution in [2.24, 2.45) is 0 Å². The lowest BCUT2D eigenvalue weighted by atomic mass is 9.90. The van der Waals surface area contributed by atoms with Gasteiger partial charge in [0.2, 0.25) is 0 Å². The second-order valence-electron chi connectivity index (χ2n) is 10.1. The summed E-state index contributed by atoms with van der Waals surface area (Å²) >= 11 is 0. The molecule has 0 amide bonds. The van der Waals surface area contributed by atoms with Crippen LogP contribution >= 0.6 is 0 Å². The zero-order valence-corrected chi connectivity index (χ0v) is 21.1. The average molecular weight is 545 g/mol. The molecule has 0 radical (unpaired) electrons. The highest BCUT2D eigenvalue weighted by Gasteiger charge is 2.42. The molecule has 202 valence electrons. The zero-order chi connectivity index (χ0) is 28.0. The van der Waals surface area contributed by atoms with E-state index in [4.69, 9.17) is 9.47 Å². The van der Waals surface area contributed by atoms with Gasteiger partial charge in [-0.05, 0) is 103 Å². The van der Waals surface area contributed by atoms with Crippen LogP contribution in [0.3, 0.4) is 0 Å². The predicted molar refractivity (Wildman–Crippen MR) is 141 cm³/mol. The molecule has 2 bridgehead atoms. The minimum Gasteiger partial charge on any atom is -0.508 e. The molecular weight excluding hydrogens is 521 g/mol. The van der Waals surface area contributed by atoms with Crippen molar-refractivity contribution in [3.63, 3.8) is 0 Å². The molecule has 2 unspecified atom stereocenters. The number of esters is 2. The Labute approximate surface area is 227 Å². The Bertz CT molecular complexity index is 1590. The first kappa shape index (κ1) is 25.7. The number of alkyl halides is 3. The lowest BCUT2D eigenvalue weighted by Gasteiger charge is -2.21. The molecule has 6 rings (SSSR count). The highest BCUT2D eigenvalue weighted by Crippen LogP contribution is 2.58. The highest BCUT2D eigenvalue weighted by atomic mass is 19.4. The van der Waals surface area contributed by atoms with Crippen LogP contribution in [0, 0.1) is 0 Å². The van der Waals surface area contributed by atoms with E-state index in [9.17, 15) is 27.9 Å². The third-order valence-corrected chi connectivity index (χ3v) is 7.63. The van der Waals surface area contributed by atoms with E-state index in [1.54, 1.807) is 36.4 Å². The van der Waals surface area contributed by atoms with Gasteiger partial charge in [-0.2, -0.15) is 13.2 Å². The molecular formula is C32H23F3O5. The Kier molecular flexibility index (Phi) is 6.33. The van der Waals surface area contributed by atoms with Crippen LogP contribution in [0.15, 0.2) is 84.9 Å². The number of carbonyl (C=O) groups is 2. The lowest BCUT2D eigenvalue weighted by molar-refractivity contribution is -0.137. The number of hydrogen-bond donors (Lipinski definition) is 1. The fourth-order valence-electron chi connectivity index (χ4n) is 5.69. The van der Waals surface area contributed by atoms with Crippen molar-refractivity contribution < 1.29 is 37.3 Å². The first-order valence-corrected chi connectivity index (χ1v) is 12.9. The van der Waals surface area contributed by atoms with Gasteiger partial charge in [0.05, 0.1) is 16.7 Å². The number of rotatable bonds is 5. The number of halogens is 3. The van der Waals surface area contributed by atoms with Crippen LogP contribution in [0.4, 0.5) is 13.2 Å². The maximum Gasteiger partial charge on any atom is 0.416 e. The van der Waals surface area contributed by atoms with Gasteiger partial charge in [0.1, 0.15) is 17.2 Å². The van der Waals surface area contributed by atoms with Gasteiger partial charge in [-0.15, -0.1) is 0 Å². The van der Waals surface area contributed by atoms with Crippen molar-refractivity contribution in [2.45, 2.75) is 37.3 Å². The van der Waals surface area contributed by atoms with E-state index < -0.39 is 23.7 Å². The molecule has 8 heteroatoms. The third kappa shape index (κ3) is 4.81. The molecule has 0 aromatic heterocycles. The summed E-state index contributed by atoms with van der Waals surface area (Å²) in [6.07, 6.45) is -1.59. The van der Waals surface area contributed by atoms with Crippen LogP contribution in [0.25, 0.3) is 11.1 Å². The highest BCUT2D eigenvalue weighted by molar-refractivity contribution is 5.93. The summed E-state index contributed by atoms with van der Waals surface area (Å²) in [5.41, 5.74) is 2.94. The molecule has 0 aliphatic heterocycles. The largest absolute Gasteiger partial charge is 0.508 e. The van der Waals surface area contributed by atoms with E-state index in [1.165, 1.54) is 36.4 Å². The second-order valence-corrected chi connectivity index (χ2v) is 10.1. The fourth-order valence-corrected chi connectivity index (χ4v) is 5.69. The molecule has 2 aliphatic rings. The van der Waals surface area contributed by atoms with Crippen LogP contribution < -0.4 is 9.47 Å². The average Bonchev–Trinajstić information content (AvgIpc) is 3.57. The van der Waals surface area contributed by atoms with Gasteiger partial charge in [-0.3, -0.25) is 0 Å². The molecule has 0 heterocycles. The summed E-state index contributed by atoms with van der Waals surface area (Å²) in [6.45, 7) is 0. The zero-order valence-electron chi connectivity index (χ0n) is 21.1. The number of hydrogen-bond acceptors (Lipinski definition) is 5. The maximum absolute atomic E-state index is 13.0. The molecule has 4 aromatic carbocycles. The van der Waals surface area contributed by atoms with E-state index in [2.05, 4.69) is 0 Å². The van der Waals surface area contributed by atoms with E-state index in [1.807, 2.05) is 0 Å². The molecule has 40 heavy (non-hydrogen) atoms. The van der Waals surface area contributed by atoms with Crippen molar-refractivity contribution in [1.82, 2.24) is 0 Å². The molecule has 1 fully saturated rings. The van der Waals surface area contributed by atoms with Crippen LogP contribution in [-0.4, -0.2) is 17.0 Å². The van der Waals surface area contributed by atoms with E-state index >= 15 is 0 Å². The van der Waals surface area contributed by atoms with Gasteiger partial charge >= 0.3 is 18.1 Å². The Balaban J connectivity index is 1.21. The molecule has 1 N–H and O–H groups in total. The summed E-state index contributed by atoms with van der Waals surface area (Å²) < 4.78 is 50.1. The Morgan fingerprint density at radius 2 is 1.07 bits per heavy atom. The molecule has 2 atom stereocenters. The SMILES string of the molecule is O=C(Oc1ccc(OC(=O)c2ccc(-c3ccc(C(F)(F)F)cc3)cc2)c2c1C1CCC2C1)c1ccc(O)cc1. The van der Waals surface area contributed by atoms with Gasteiger partial charge in [0.15, 0.2) is 0 Å². The first-order chi connectivity index (χ1) is 19.2. The van der Waals surface area contributed by atoms with E-state index in [0.29, 0.717) is 33.8 Å². The summed E-state index contributed by atoms with van der Waals surface area (Å²) in [6, 6.07) is 20.4. The van der Waals surface area contributed by atoms with Crippen LogP contribution in [-0.2, 0) is 6.18 Å². The topological polar surface area (TPSA) is 72.8 Å². The number of aromatic hydroxyl groups is 1. The van der Waals surface area contributed by atoms with Crippen LogP contribution in [0.5, 0.6) is 17.2 Å². The quantitative estimate of drug-likeness (QED) is 0.204. The fraction of sp³-hybridized carbons (Fsp3) is 0.188. The maximum atomic E-state index is 13.0. The van der Waals surface area contributed by atoms with E-state index in [0.717, 1.165) is 42.5 Å². The summed E-state index contributed by atoms with van der Waals surface area (Å²) in [4.78, 5) is 25.8. The Morgan fingerprint density at radius 3 is 1.52 bits per heavy atom. The molecule has 0 saturated heterocycles. The number of benzene rings is 4. The Morgan fingerprint density at radius 1 is 0.650 bits per heavy atom. The molecule has 4 aromatic rings. The summed E-state index contributed by atoms with van der Waals surface area (Å²) in [7, 11) is 0. The number of fused-ring (bicyclic) bond motifs is 5. The standard InChI is InChI=1S/C32H23F3O5/c33-32(34,35)24-11-7-19(8-12-24)18-1-3-20(4-2-18)30(37)39-26-15-16-27(29-23-6-5-22(17-23)28(26)29)40-31(38)21-9-13-25(36)14-10-21/h1-4,7-16,22-23,36H,5-6,17H2. The minimum absolute atomic E-state index is 0.0511. The number of carbonyl (C=O) groups excluding carboxylic acids is 2. The second kappa shape index (κ2) is 9.86. The van der Waals surface area contributed by atoms with Gasteiger partial charge in [-0.1, -0.05) is 24.3 Å². The van der Waals surface area contributed by atoms with Crippen molar-refractivity contribution in [3.05, 3.63) is 113 Å². The monoisotopic (exact) mass is 544 g/mol. The van der Waals surface area contributed by atoms with Crippen molar-refractivity contribution in [2.75, 3.05) is 0 Å². The predicted octanol–water partition coefficient (Wildman–Crippen LogP) is 7.88. The van der Waals surface area contributed by atoms with Gasteiger partial charge < -0.3 is 14.6 Å². The van der Waals surface area contributed by atoms with Crippen LogP contribution in [0.1, 0.15) is 68.5 Å². The molecule has 5 nitrogen and oxygen atoms in total. The Hall–Kier alpha value is -4.59. The van der Waals surface area contributed by atoms with E-state index in [-0.39, 0.29) is 17.6 Å². The summed E-state index contributed by atoms with van der Waals surface area (Å²) in [5.74, 6) is 0.252. The minimum atomic E-state index is -4.40. The van der Waals surface area contributed by atoms with Gasteiger partial charge in [0, 0.05) is 11.1 Å². The van der Waals surface area contributed by atoms with Crippen molar-refractivity contribution in [3.8, 4) is 28.4 Å². The lowest BCUT2D eigenvalue weighted by Crippen LogP contribution is -2.14. The number of phenolic OH excluding ortho intramolecular Hbond substituents is 1. The number of phenols is 1. The number of ether oxygens (including phenoxy) is 2. The summed E-state index contributed by atoms with van der Waals surface area (Å²) in [5, 5.41) is 9.48. The normalized spacial score (nSPS) is 17.4. The first-order valence-electron chi connectivity index (χ1n) is 12.9. The van der Waals surface area contributed by atoms with Crippen molar-refractivity contribution >= 4 is 11.9 Å². The van der Waals surface area contributed by atoms with Crippen molar-refractivity contribution in [1.29, 1.82) is 0 Å². The van der Waals surface area contributed by atoms with Gasteiger partial charge in [0.25, 0.3) is 0 Å². The van der Waals surface area contributed by atoms with Crippen LogP contribution in [0.2, 0.25) is 0 Å². The smallest absolute Gasteiger partial charge is 0.416 e. The molecule has 1 saturated carbocycles. The third-order valence-electron chi connectivity index (χ3n) is 7.63. The van der Waals surface area contributed by atoms with Gasteiger partial charge in [-0.25, -0.2) is 9.59 Å². The molecule has 2 aliphatic carbocycles. The molecule has 0 spiro atoms.